The van der Waals surface area contributed by atoms with Crippen LogP contribution in [-0.4, -0.2) is 28.2 Å². The molecule has 1 amide bonds. The molecule has 1 fully saturated rings. The van der Waals surface area contributed by atoms with Crippen molar-refractivity contribution in [3.63, 3.8) is 0 Å². The van der Waals surface area contributed by atoms with E-state index >= 15 is 0 Å². The molecule has 6 nitrogen and oxygen atoms in total. The first-order valence-electron chi connectivity index (χ1n) is 5.43. The minimum atomic E-state index is -0.267. The highest BCUT2D eigenvalue weighted by atomic mass is 16.3. The molecule has 3 heterocycles. The highest BCUT2D eigenvalue weighted by molar-refractivity contribution is 6.14. The van der Waals surface area contributed by atoms with Gasteiger partial charge in [-0.05, 0) is 18.2 Å². The standard InChI is InChI=1S/C12H9N3O3/c16-8-6-11(17)15(7-8)12-13-4-3-9(14-12)10-2-1-5-18-10/h1-5H,6-7H2. The zero-order chi connectivity index (χ0) is 12.5. The van der Waals surface area contributed by atoms with E-state index in [0.717, 1.165) is 0 Å². The number of hydrogen-bond donors (Lipinski definition) is 0. The Balaban J connectivity index is 1.97. The maximum atomic E-state index is 11.6. The number of anilines is 1. The molecule has 6 heteroatoms. The maximum absolute atomic E-state index is 11.6. The molecule has 3 rings (SSSR count). The molecule has 2 aromatic heterocycles. The number of carbonyl (C=O) groups excluding carboxylic acids is 2. The lowest BCUT2D eigenvalue weighted by molar-refractivity contribution is -0.121. The summed E-state index contributed by atoms with van der Waals surface area (Å²) in [6.07, 6.45) is 3.01. The number of aromatic nitrogens is 2. The summed E-state index contributed by atoms with van der Waals surface area (Å²) in [6, 6.07) is 5.20. The van der Waals surface area contributed by atoms with Gasteiger partial charge in [0.1, 0.15) is 5.69 Å². The molecule has 18 heavy (non-hydrogen) atoms. The van der Waals surface area contributed by atoms with Gasteiger partial charge in [0.05, 0.1) is 19.2 Å². The normalized spacial score (nSPS) is 15.4. The van der Waals surface area contributed by atoms with Crippen LogP contribution in [0.15, 0.2) is 35.1 Å². The molecule has 1 aliphatic rings. The predicted octanol–water partition coefficient (Wildman–Crippen LogP) is 1.04. The summed E-state index contributed by atoms with van der Waals surface area (Å²) in [5.41, 5.74) is 0.581. The molecule has 0 spiro atoms. The summed E-state index contributed by atoms with van der Waals surface area (Å²) >= 11 is 0. The summed E-state index contributed by atoms with van der Waals surface area (Å²) < 4.78 is 5.22. The fraction of sp³-hybridized carbons (Fsp3) is 0.167. The van der Waals surface area contributed by atoms with Crippen molar-refractivity contribution in [3.05, 3.63) is 30.7 Å². The molecule has 2 aromatic rings. The molecule has 0 aromatic carbocycles. The van der Waals surface area contributed by atoms with Crippen molar-refractivity contribution in [2.45, 2.75) is 6.42 Å². The van der Waals surface area contributed by atoms with E-state index in [0.29, 0.717) is 11.5 Å². The largest absolute Gasteiger partial charge is 0.463 e. The summed E-state index contributed by atoms with van der Waals surface area (Å²) in [6.45, 7) is 0.0421. The Morgan fingerprint density at radius 2 is 2.17 bits per heavy atom. The SMILES string of the molecule is O=C1CC(=O)N(c2nccc(-c3ccco3)n2)C1. The summed E-state index contributed by atoms with van der Waals surface area (Å²) in [4.78, 5) is 32.3. The number of hydrogen-bond acceptors (Lipinski definition) is 5. The van der Waals surface area contributed by atoms with Gasteiger partial charge >= 0.3 is 0 Å². The number of nitrogens with zero attached hydrogens (tertiary/aromatic N) is 3. The van der Waals surface area contributed by atoms with E-state index < -0.39 is 0 Å². The van der Waals surface area contributed by atoms with E-state index in [1.807, 2.05) is 0 Å². The molecule has 0 atom stereocenters. The maximum Gasteiger partial charge on any atom is 0.237 e. The van der Waals surface area contributed by atoms with Crippen LogP contribution >= 0.6 is 0 Å². The lowest BCUT2D eigenvalue weighted by Gasteiger charge is -2.12. The lowest BCUT2D eigenvalue weighted by Crippen LogP contribution is -2.26. The van der Waals surface area contributed by atoms with Crippen LogP contribution in [0.2, 0.25) is 0 Å². The van der Waals surface area contributed by atoms with E-state index in [1.54, 1.807) is 24.5 Å². The van der Waals surface area contributed by atoms with Crippen molar-refractivity contribution in [2.24, 2.45) is 0 Å². The van der Waals surface area contributed by atoms with Crippen molar-refractivity contribution in [3.8, 4) is 11.5 Å². The monoisotopic (exact) mass is 243 g/mol. The number of amides is 1. The quantitative estimate of drug-likeness (QED) is 0.736. The molecule has 0 radical (unpaired) electrons. The molecular weight excluding hydrogens is 234 g/mol. The number of Topliss-reactive ketones (excluding diaryl/α,β-unsaturated/α-hetero) is 1. The smallest absolute Gasteiger partial charge is 0.237 e. The van der Waals surface area contributed by atoms with Gasteiger partial charge < -0.3 is 4.42 Å². The van der Waals surface area contributed by atoms with Gasteiger partial charge in [-0.1, -0.05) is 0 Å². The van der Waals surface area contributed by atoms with Crippen molar-refractivity contribution in [1.82, 2.24) is 9.97 Å². The zero-order valence-corrected chi connectivity index (χ0v) is 9.37. The van der Waals surface area contributed by atoms with Crippen molar-refractivity contribution < 1.29 is 14.0 Å². The van der Waals surface area contributed by atoms with Gasteiger partial charge in [-0.15, -0.1) is 0 Å². The van der Waals surface area contributed by atoms with E-state index in [9.17, 15) is 9.59 Å². The second kappa shape index (κ2) is 4.06. The fourth-order valence-electron chi connectivity index (χ4n) is 1.81. The third-order valence-corrected chi connectivity index (χ3v) is 2.64. The number of furan rings is 1. The van der Waals surface area contributed by atoms with Crippen LogP contribution < -0.4 is 4.90 Å². The van der Waals surface area contributed by atoms with Crippen LogP contribution in [0.4, 0.5) is 5.95 Å². The molecule has 0 unspecified atom stereocenters. The van der Waals surface area contributed by atoms with Gasteiger partial charge in [-0.2, -0.15) is 0 Å². The molecule has 0 N–H and O–H groups in total. The molecule has 0 aliphatic carbocycles. The minimum absolute atomic E-state index is 0.0421. The molecule has 0 bridgehead atoms. The van der Waals surface area contributed by atoms with Crippen molar-refractivity contribution in [1.29, 1.82) is 0 Å². The second-order valence-corrected chi connectivity index (χ2v) is 3.91. The summed E-state index contributed by atoms with van der Waals surface area (Å²) in [7, 11) is 0. The number of carbonyl (C=O) groups is 2. The summed E-state index contributed by atoms with van der Waals surface area (Å²) in [5, 5.41) is 0. The van der Waals surface area contributed by atoms with Crippen LogP contribution in [0.3, 0.4) is 0 Å². The Kier molecular flexibility index (Phi) is 2.40. The van der Waals surface area contributed by atoms with Gasteiger partial charge in [0, 0.05) is 6.20 Å². The van der Waals surface area contributed by atoms with Crippen LogP contribution in [-0.2, 0) is 9.59 Å². The van der Waals surface area contributed by atoms with Gasteiger partial charge in [-0.3, -0.25) is 14.5 Å². The average molecular weight is 243 g/mol. The van der Waals surface area contributed by atoms with Crippen LogP contribution in [0, 0.1) is 0 Å². The first-order valence-corrected chi connectivity index (χ1v) is 5.43. The van der Waals surface area contributed by atoms with E-state index in [2.05, 4.69) is 9.97 Å². The Labute approximate surface area is 102 Å². The van der Waals surface area contributed by atoms with Gasteiger partial charge in [-0.25, -0.2) is 9.97 Å². The molecular formula is C12H9N3O3. The first-order chi connectivity index (χ1) is 8.74. The molecule has 1 saturated heterocycles. The zero-order valence-electron chi connectivity index (χ0n) is 9.37. The first kappa shape index (κ1) is 10.6. The Bertz CT molecular complexity index is 607. The molecule has 0 saturated carbocycles. The number of ketones is 1. The van der Waals surface area contributed by atoms with Crippen LogP contribution in [0.1, 0.15) is 6.42 Å². The van der Waals surface area contributed by atoms with Crippen LogP contribution in [0.5, 0.6) is 0 Å². The lowest BCUT2D eigenvalue weighted by atomic mass is 10.3. The van der Waals surface area contributed by atoms with Gasteiger partial charge in [0.25, 0.3) is 0 Å². The van der Waals surface area contributed by atoms with E-state index in [-0.39, 0.29) is 30.6 Å². The van der Waals surface area contributed by atoms with E-state index in [1.165, 1.54) is 11.1 Å². The Morgan fingerprint density at radius 3 is 2.83 bits per heavy atom. The average Bonchev–Trinajstić information content (AvgIpc) is 2.99. The fourth-order valence-corrected chi connectivity index (χ4v) is 1.81. The third-order valence-electron chi connectivity index (χ3n) is 2.64. The van der Waals surface area contributed by atoms with E-state index in [4.69, 9.17) is 4.42 Å². The number of rotatable bonds is 2. The minimum Gasteiger partial charge on any atom is -0.463 e. The summed E-state index contributed by atoms with van der Waals surface area (Å²) in [5.74, 6) is 0.444. The van der Waals surface area contributed by atoms with Gasteiger partial charge in [0.2, 0.25) is 11.9 Å². The highest BCUT2D eigenvalue weighted by Gasteiger charge is 2.30. The molecule has 1 aliphatic heterocycles. The van der Waals surface area contributed by atoms with Crippen molar-refractivity contribution >= 4 is 17.6 Å². The third kappa shape index (κ3) is 1.77. The molecule has 90 valence electrons. The predicted molar refractivity (Wildman–Crippen MR) is 61.7 cm³/mol. The Hall–Kier alpha value is -2.50. The van der Waals surface area contributed by atoms with Gasteiger partial charge in [0.15, 0.2) is 11.5 Å². The highest BCUT2D eigenvalue weighted by Crippen LogP contribution is 2.21. The van der Waals surface area contributed by atoms with Crippen LogP contribution in [0.25, 0.3) is 11.5 Å². The second-order valence-electron chi connectivity index (χ2n) is 3.91. The Morgan fingerprint density at radius 1 is 1.28 bits per heavy atom. The topological polar surface area (TPSA) is 76.3 Å². The van der Waals surface area contributed by atoms with Crippen molar-refractivity contribution in [2.75, 3.05) is 11.4 Å².